The number of nitrogens with two attached hydrogens (primary N) is 1. The van der Waals surface area contributed by atoms with Crippen molar-refractivity contribution >= 4 is 0 Å². The molecule has 0 unspecified atom stereocenters. The molecule has 16 heavy (non-hydrogen) atoms. The van der Waals surface area contributed by atoms with Crippen LogP contribution in [0.3, 0.4) is 0 Å². The molecule has 0 aromatic carbocycles. The Bertz CT molecular complexity index is 420. The van der Waals surface area contributed by atoms with Crippen LogP contribution in [0, 0.1) is 0 Å². The van der Waals surface area contributed by atoms with Crippen LogP contribution < -0.4 is 5.73 Å². The van der Waals surface area contributed by atoms with E-state index < -0.39 is 0 Å². The summed E-state index contributed by atoms with van der Waals surface area (Å²) in [5.74, 6) is 0. The molecule has 0 saturated carbocycles. The van der Waals surface area contributed by atoms with E-state index in [0.29, 0.717) is 0 Å². The molecule has 0 aliphatic heterocycles. The monoisotopic (exact) mass is 215 g/mol. The van der Waals surface area contributed by atoms with Crippen LogP contribution in [0.1, 0.15) is 17.8 Å². The largest absolute Gasteiger partial charge is 0.346 e. The van der Waals surface area contributed by atoms with E-state index in [1.807, 2.05) is 24.4 Å². The molecule has 0 amide bonds. The zero-order chi connectivity index (χ0) is 11.2. The first-order valence-electron chi connectivity index (χ1n) is 5.64. The van der Waals surface area contributed by atoms with Crippen LogP contribution in [0.15, 0.2) is 42.7 Å². The fourth-order valence-corrected chi connectivity index (χ4v) is 1.78. The minimum atomic E-state index is 0.745. The predicted molar refractivity (Wildman–Crippen MR) is 65.1 cm³/mol. The Morgan fingerprint density at radius 1 is 1.19 bits per heavy atom. The second-order valence-corrected chi connectivity index (χ2v) is 3.84. The average Bonchev–Trinajstić information content (AvgIpc) is 2.75. The molecular weight excluding hydrogens is 198 g/mol. The van der Waals surface area contributed by atoms with Gasteiger partial charge < -0.3 is 10.3 Å². The Hall–Kier alpha value is -1.61. The Kier molecular flexibility index (Phi) is 3.72. The van der Waals surface area contributed by atoms with Gasteiger partial charge in [-0.15, -0.1) is 0 Å². The Labute approximate surface area is 95.9 Å². The lowest BCUT2D eigenvalue weighted by atomic mass is 10.2. The van der Waals surface area contributed by atoms with Gasteiger partial charge in [-0.3, -0.25) is 4.98 Å². The lowest BCUT2D eigenvalue weighted by Crippen LogP contribution is -2.07. The number of aromatic nitrogens is 2. The number of aryl methyl sites for hydroxylation is 1. The van der Waals surface area contributed by atoms with Crippen LogP contribution in [-0.4, -0.2) is 16.1 Å². The average molecular weight is 215 g/mol. The molecular formula is C13H17N3. The van der Waals surface area contributed by atoms with Crippen LogP contribution in [0.2, 0.25) is 0 Å². The van der Waals surface area contributed by atoms with E-state index in [4.69, 9.17) is 5.73 Å². The van der Waals surface area contributed by atoms with Gasteiger partial charge in [0.25, 0.3) is 0 Å². The summed E-state index contributed by atoms with van der Waals surface area (Å²) >= 11 is 0. The third-order valence-corrected chi connectivity index (χ3v) is 2.62. The summed E-state index contributed by atoms with van der Waals surface area (Å²) in [6.07, 6.45) is 6.00. The normalized spacial score (nSPS) is 10.6. The lowest BCUT2D eigenvalue weighted by molar-refractivity contribution is 0.699. The van der Waals surface area contributed by atoms with Crippen LogP contribution in [-0.2, 0) is 13.0 Å². The molecule has 3 nitrogen and oxygen atoms in total. The molecule has 2 heterocycles. The van der Waals surface area contributed by atoms with Crippen LogP contribution in [0.4, 0.5) is 0 Å². The SMILES string of the molecule is NCCCc1cccn1Cc1ccccn1. The van der Waals surface area contributed by atoms with Crippen molar-refractivity contribution in [1.82, 2.24) is 9.55 Å². The van der Waals surface area contributed by atoms with Gasteiger partial charge in [0.15, 0.2) is 0 Å². The highest BCUT2D eigenvalue weighted by molar-refractivity contribution is 5.11. The molecule has 0 spiro atoms. The number of rotatable bonds is 5. The van der Waals surface area contributed by atoms with Gasteiger partial charge in [0.05, 0.1) is 12.2 Å². The van der Waals surface area contributed by atoms with Gasteiger partial charge in [-0.1, -0.05) is 6.07 Å². The highest BCUT2D eigenvalue weighted by atomic mass is 15.0. The van der Waals surface area contributed by atoms with Gasteiger partial charge in [0, 0.05) is 18.1 Å². The Balaban J connectivity index is 2.07. The van der Waals surface area contributed by atoms with E-state index in [-0.39, 0.29) is 0 Å². The van der Waals surface area contributed by atoms with E-state index >= 15 is 0 Å². The summed E-state index contributed by atoms with van der Waals surface area (Å²) in [7, 11) is 0. The molecule has 2 N–H and O–H groups in total. The minimum absolute atomic E-state index is 0.745. The van der Waals surface area contributed by atoms with Crippen molar-refractivity contribution in [1.29, 1.82) is 0 Å². The maximum atomic E-state index is 5.53. The van der Waals surface area contributed by atoms with Gasteiger partial charge in [0.1, 0.15) is 0 Å². The molecule has 3 heteroatoms. The first-order valence-corrected chi connectivity index (χ1v) is 5.64. The standard InChI is InChI=1S/C13H17N3/c14-8-3-6-13-7-4-10-16(13)11-12-5-1-2-9-15-12/h1-2,4-5,7,9-10H,3,6,8,11,14H2. The first kappa shape index (κ1) is 10.9. The molecule has 0 bridgehead atoms. The van der Waals surface area contributed by atoms with Crippen LogP contribution in [0.5, 0.6) is 0 Å². The summed E-state index contributed by atoms with van der Waals surface area (Å²) in [4.78, 5) is 4.33. The third-order valence-electron chi connectivity index (χ3n) is 2.62. The summed E-state index contributed by atoms with van der Waals surface area (Å²) in [6, 6.07) is 10.2. The van der Waals surface area contributed by atoms with E-state index in [1.165, 1.54) is 5.69 Å². The third kappa shape index (κ3) is 2.70. The van der Waals surface area contributed by atoms with Gasteiger partial charge in [-0.05, 0) is 43.7 Å². The second-order valence-electron chi connectivity index (χ2n) is 3.84. The lowest BCUT2D eigenvalue weighted by Gasteiger charge is -2.08. The molecule has 0 aliphatic rings. The van der Waals surface area contributed by atoms with Gasteiger partial charge in [0.2, 0.25) is 0 Å². The molecule has 2 rings (SSSR count). The highest BCUT2D eigenvalue weighted by Gasteiger charge is 2.01. The topological polar surface area (TPSA) is 43.8 Å². The Morgan fingerprint density at radius 2 is 2.12 bits per heavy atom. The maximum Gasteiger partial charge on any atom is 0.0645 e. The molecule has 0 saturated heterocycles. The minimum Gasteiger partial charge on any atom is -0.346 e. The molecule has 0 fully saturated rings. The van der Waals surface area contributed by atoms with Crippen molar-refractivity contribution in [2.75, 3.05) is 6.54 Å². The summed E-state index contributed by atoms with van der Waals surface area (Å²) in [5.41, 5.74) is 7.95. The van der Waals surface area contributed by atoms with Crippen molar-refractivity contribution in [3.05, 3.63) is 54.1 Å². The van der Waals surface area contributed by atoms with Gasteiger partial charge >= 0.3 is 0 Å². The van der Waals surface area contributed by atoms with E-state index in [2.05, 4.69) is 27.9 Å². The van der Waals surface area contributed by atoms with Crippen molar-refractivity contribution in [3.8, 4) is 0 Å². The zero-order valence-corrected chi connectivity index (χ0v) is 9.34. The maximum absolute atomic E-state index is 5.53. The van der Waals surface area contributed by atoms with Crippen LogP contribution >= 0.6 is 0 Å². The zero-order valence-electron chi connectivity index (χ0n) is 9.34. The van der Waals surface area contributed by atoms with Gasteiger partial charge in [-0.25, -0.2) is 0 Å². The summed E-state index contributed by atoms with van der Waals surface area (Å²) < 4.78 is 2.23. The van der Waals surface area contributed by atoms with E-state index in [9.17, 15) is 0 Å². The van der Waals surface area contributed by atoms with Crippen molar-refractivity contribution < 1.29 is 0 Å². The summed E-state index contributed by atoms with van der Waals surface area (Å²) in [5, 5.41) is 0. The molecule has 2 aromatic heterocycles. The fourth-order valence-electron chi connectivity index (χ4n) is 1.78. The Morgan fingerprint density at radius 3 is 2.88 bits per heavy atom. The molecule has 0 aliphatic carbocycles. The molecule has 0 atom stereocenters. The fraction of sp³-hybridized carbons (Fsp3) is 0.308. The van der Waals surface area contributed by atoms with Crippen molar-refractivity contribution in [3.63, 3.8) is 0 Å². The van der Waals surface area contributed by atoms with Gasteiger partial charge in [-0.2, -0.15) is 0 Å². The van der Waals surface area contributed by atoms with Crippen molar-refractivity contribution in [2.45, 2.75) is 19.4 Å². The first-order chi connectivity index (χ1) is 7.90. The highest BCUT2D eigenvalue weighted by Crippen LogP contribution is 2.07. The number of hydrogen-bond acceptors (Lipinski definition) is 2. The smallest absolute Gasteiger partial charge is 0.0645 e. The molecule has 2 aromatic rings. The van der Waals surface area contributed by atoms with E-state index in [1.54, 1.807) is 0 Å². The number of pyridine rings is 1. The predicted octanol–water partition coefficient (Wildman–Crippen LogP) is 1.82. The quantitative estimate of drug-likeness (QED) is 0.826. The number of hydrogen-bond donors (Lipinski definition) is 1. The molecule has 84 valence electrons. The van der Waals surface area contributed by atoms with E-state index in [0.717, 1.165) is 31.6 Å². The summed E-state index contributed by atoms with van der Waals surface area (Å²) in [6.45, 7) is 1.59. The second kappa shape index (κ2) is 5.47. The van der Waals surface area contributed by atoms with Crippen molar-refractivity contribution in [2.24, 2.45) is 5.73 Å². The number of nitrogens with zero attached hydrogens (tertiary/aromatic N) is 2. The van der Waals surface area contributed by atoms with Crippen LogP contribution in [0.25, 0.3) is 0 Å². The molecule has 0 radical (unpaired) electrons.